The molecule has 9 N–H and O–H groups in total. The topological polar surface area (TPSA) is 167 Å². The Bertz CT molecular complexity index is 408. The van der Waals surface area contributed by atoms with E-state index in [4.69, 9.17) is 11.6 Å². The number of rotatable bonds is 18. The van der Waals surface area contributed by atoms with Crippen LogP contribution in [0.15, 0.2) is 4.99 Å². The molecule has 0 aromatic rings. The molecule has 0 rings (SSSR count). The first-order valence-electron chi connectivity index (χ1n) is 9.72. The number of aliphatic imine (C=N–C) groups is 1. The summed E-state index contributed by atoms with van der Waals surface area (Å²) < 4.78 is 0. The summed E-state index contributed by atoms with van der Waals surface area (Å²) in [5.41, 5.74) is 7.73. The fourth-order valence-corrected chi connectivity index (χ4v) is 2.28. The molecule has 0 fully saturated rings. The van der Waals surface area contributed by atoms with E-state index in [0.717, 1.165) is 51.6 Å². The van der Waals surface area contributed by atoms with Crippen molar-refractivity contribution in [3.8, 4) is 0 Å². The first kappa shape index (κ1) is 25.2. The fourth-order valence-electron chi connectivity index (χ4n) is 2.28. The highest BCUT2D eigenvalue weighted by Crippen LogP contribution is 2.03. The largest absolute Gasteiger partial charge is 0.365 e. The van der Waals surface area contributed by atoms with E-state index in [2.05, 4.69) is 26.4 Å². The number of aliphatic hydroxyl groups excluding tert-OH is 1. The number of nitrogens with two attached hydrogens (primary N) is 2. The third-order valence-electron chi connectivity index (χ3n) is 3.79. The van der Waals surface area contributed by atoms with Crippen molar-refractivity contribution in [2.45, 2.75) is 57.6 Å². The second kappa shape index (κ2) is 19.0. The molecule has 10 nitrogen and oxygen atoms in total. The predicted octanol–water partition coefficient (Wildman–Crippen LogP) is -1.30. The number of hydrazine groups is 1. The van der Waals surface area contributed by atoms with Gasteiger partial charge in [0.2, 0.25) is 12.1 Å². The number of aliphatic hydroxyl groups is 1. The Morgan fingerprint density at radius 3 is 2.44 bits per heavy atom. The summed E-state index contributed by atoms with van der Waals surface area (Å²) in [6.07, 6.45) is 6.37. The van der Waals surface area contributed by atoms with Crippen LogP contribution in [0, 0.1) is 0 Å². The van der Waals surface area contributed by atoms with Crippen molar-refractivity contribution < 1.29 is 14.7 Å². The standard InChI is InChI=1S/C17H37N7O3/c18-9-7-12-20-10-5-6-13-22-16(26)17(27)24-15(25)8-3-1-2-4-11-21-14-23-19/h14,17,20,27H,1-13,18-19H2,(H,21,23)(H,22,26)(H,24,25)/t17-/m0/s1. The van der Waals surface area contributed by atoms with Gasteiger partial charge >= 0.3 is 0 Å². The van der Waals surface area contributed by atoms with Gasteiger partial charge in [-0.05, 0) is 51.7 Å². The lowest BCUT2D eigenvalue weighted by Gasteiger charge is -2.13. The summed E-state index contributed by atoms with van der Waals surface area (Å²) >= 11 is 0. The normalized spacial score (nSPS) is 12.1. The Morgan fingerprint density at radius 2 is 1.70 bits per heavy atom. The summed E-state index contributed by atoms with van der Waals surface area (Å²) in [4.78, 5) is 27.4. The van der Waals surface area contributed by atoms with E-state index in [9.17, 15) is 14.7 Å². The van der Waals surface area contributed by atoms with E-state index in [-0.39, 0.29) is 12.3 Å². The molecule has 0 aliphatic heterocycles. The van der Waals surface area contributed by atoms with Crippen LogP contribution < -0.4 is 33.0 Å². The van der Waals surface area contributed by atoms with Crippen LogP contribution in [0.5, 0.6) is 0 Å². The lowest BCUT2D eigenvalue weighted by molar-refractivity contribution is -0.136. The molecule has 0 saturated heterocycles. The van der Waals surface area contributed by atoms with Crippen molar-refractivity contribution in [1.82, 2.24) is 21.4 Å². The second-order valence-electron chi connectivity index (χ2n) is 6.23. The van der Waals surface area contributed by atoms with E-state index in [1.54, 1.807) is 0 Å². The Hall–Kier alpha value is -1.75. The molecular formula is C17H37N7O3. The minimum absolute atomic E-state index is 0.284. The molecular weight excluding hydrogens is 350 g/mol. The van der Waals surface area contributed by atoms with Gasteiger partial charge in [-0.25, -0.2) is 5.84 Å². The van der Waals surface area contributed by atoms with Gasteiger partial charge in [0.15, 0.2) is 0 Å². The van der Waals surface area contributed by atoms with Gasteiger partial charge in [-0.15, -0.1) is 0 Å². The Labute approximate surface area is 161 Å². The van der Waals surface area contributed by atoms with Crippen molar-refractivity contribution in [1.29, 1.82) is 0 Å². The van der Waals surface area contributed by atoms with Gasteiger partial charge in [-0.1, -0.05) is 12.8 Å². The molecule has 10 heteroatoms. The molecule has 0 aromatic carbocycles. The lowest BCUT2D eigenvalue weighted by Crippen LogP contribution is -2.46. The van der Waals surface area contributed by atoms with Gasteiger partial charge in [-0.3, -0.25) is 14.6 Å². The zero-order chi connectivity index (χ0) is 20.2. The minimum atomic E-state index is -1.50. The number of hydrogen-bond acceptors (Lipinski definition) is 7. The molecule has 0 aromatic heterocycles. The third kappa shape index (κ3) is 17.4. The van der Waals surface area contributed by atoms with Crippen LogP contribution in [0.25, 0.3) is 0 Å². The quantitative estimate of drug-likeness (QED) is 0.0383. The molecule has 0 aliphatic carbocycles. The number of nitrogens with one attached hydrogen (secondary N) is 4. The van der Waals surface area contributed by atoms with Crippen molar-refractivity contribution >= 4 is 18.2 Å². The number of hydrogen-bond donors (Lipinski definition) is 7. The predicted molar refractivity (Wildman–Crippen MR) is 107 cm³/mol. The molecule has 0 saturated carbocycles. The maximum absolute atomic E-state index is 11.7. The zero-order valence-corrected chi connectivity index (χ0v) is 16.2. The molecule has 0 unspecified atom stereocenters. The van der Waals surface area contributed by atoms with Crippen molar-refractivity contribution in [3.63, 3.8) is 0 Å². The highest BCUT2D eigenvalue weighted by Gasteiger charge is 2.16. The summed E-state index contributed by atoms with van der Waals surface area (Å²) in [5.74, 6) is 4.14. The van der Waals surface area contributed by atoms with Gasteiger partial charge < -0.3 is 32.2 Å². The van der Waals surface area contributed by atoms with Gasteiger partial charge in [-0.2, -0.15) is 0 Å². The number of unbranched alkanes of at least 4 members (excludes halogenated alkanes) is 4. The van der Waals surface area contributed by atoms with Gasteiger partial charge in [0.05, 0.1) is 6.34 Å². The van der Waals surface area contributed by atoms with Crippen LogP contribution in [0.3, 0.4) is 0 Å². The van der Waals surface area contributed by atoms with Crippen LogP contribution >= 0.6 is 0 Å². The molecule has 158 valence electrons. The van der Waals surface area contributed by atoms with E-state index >= 15 is 0 Å². The molecule has 0 spiro atoms. The molecule has 0 bridgehead atoms. The SMILES string of the molecule is NCCCNCCCCNC(=O)[C@H](O)NC(=O)CCCCCCN=CNN. The number of carbonyl (C=O) groups excluding carboxylic acids is 2. The molecule has 1 atom stereocenters. The van der Waals surface area contributed by atoms with Crippen LogP contribution in [0.4, 0.5) is 0 Å². The summed E-state index contributed by atoms with van der Waals surface area (Å²) in [7, 11) is 0. The summed E-state index contributed by atoms with van der Waals surface area (Å²) in [6, 6.07) is 0. The Morgan fingerprint density at radius 1 is 1.00 bits per heavy atom. The maximum atomic E-state index is 11.7. The van der Waals surface area contributed by atoms with Crippen LogP contribution in [-0.2, 0) is 9.59 Å². The Balaban J connectivity index is 3.57. The monoisotopic (exact) mass is 387 g/mol. The number of carbonyl (C=O) groups is 2. The first-order valence-corrected chi connectivity index (χ1v) is 9.72. The van der Waals surface area contributed by atoms with Crippen molar-refractivity contribution in [3.05, 3.63) is 0 Å². The van der Waals surface area contributed by atoms with Gasteiger partial charge in [0.1, 0.15) is 0 Å². The van der Waals surface area contributed by atoms with Gasteiger partial charge in [0, 0.05) is 19.5 Å². The molecule has 2 amide bonds. The molecule has 0 heterocycles. The van der Waals surface area contributed by atoms with Crippen LogP contribution in [0.1, 0.15) is 51.4 Å². The lowest BCUT2D eigenvalue weighted by atomic mass is 10.1. The van der Waals surface area contributed by atoms with E-state index in [1.165, 1.54) is 6.34 Å². The fraction of sp³-hybridized carbons (Fsp3) is 0.824. The minimum Gasteiger partial charge on any atom is -0.365 e. The van der Waals surface area contributed by atoms with Crippen molar-refractivity contribution in [2.75, 3.05) is 32.7 Å². The third-order valence-corrected chi connectivity index (χ3v) is 3.79. The average Bonchev–Trinajstić information content (AvgIpc) is 2.65. The second-order valence-corrected chi connectivity index (χ2v) is 6.23. The summed E-state index contributed by atoms with van der Waals surface area (Å²) in [5, 5.41) is 17.9. The summed E-state index contributed by atoms with van der Waals surface area (Å²) in [6.45, 7) is 3.60. The van der Waals surface area contributed by atoms with Crippen LogP contribution in [-0.4, -0.2) is 62.2 Å². The highest BCUT2D eigenvalue weighted by molar-refractivity contribution is 5.86. The molecule has 0 aliphatic rings. The Kier molecular flexibility index (Phi) is 17.8. The first-order chi connectivity index (χ1) is 13.1. The van der Waals surface area contributed by atoms with E-state index in [0.29, 0.717) is 26.1 Å². The molecule has 0 radical (unpaired) electrons. The van der Waals surface area contributed by atoms with E-state index in [1.807, 2.05) is 0 Å². The van der Waals surface area contributed by atoms with Crippen molar-refractivity contribution in [2.24, 2.45) is 16.6 Å². The smallest absolute Gasteiger partial charge is 0.269 e. The highest BCUT2D eigenvalue weighted by atomic mass is 16.3. The van der Waals surface area contributed by atoms with Gasteiger partial charge in [0.25, 0.3) is 5.91 Å². The number of nitrogens with zero attached hydrogens (tertiary/aromatic N) is 1. The van der Waals surface area contributed by atoms with E-state index < -0.39 is 12.1 Å². The zero-order valence-electron chi connectivity index (χ0n) is 16.2. The average molecular weight is 388 g/mol. The number of amides is 2. The maximum Gasteiger partial charge on any atom is 0.269 e. The van der Waals surface area contributed by atoms with Crippen LogP contribution in [0.2, 0.25) is 0 Å². The molecule has 27 heavy (non-hydrogen) atoms.